The van der Waals surface area contributed by atoms with Crippen molar-refractivity contribution in [2.75, 3.05) is 0 Å². The second-order valence-corrected chi connectivity index (χ2v) is 6.91. The Kier molecular flexibility index (Phi) is 4.77. The highest BCUT2D eigenvalue weighted by Gasteiger charge is 2.30. The Bertz CT molecular complexity index is 1020. The number of fused-ring (bicyclic) bond motifs is 1. The maximum atomic E-state index is 12.4. The quantitative estimate of drug-likeness (QED) is 0.643. The lowest BCUT2D eigenvalue weighted by Gasteiger charge is -2.32. The molecule has 27 heavy (non-hydrogen) atoms. The van der Waals surface area contributed by atoms with Crippen molar-refractivity contribution < 1.29 is 4.79 Å². The molecule has 4 rings (SSSR count). The van der Waals surface area contributed by atoms with Gasteiger partial charge in [-0.3, -0.25) is 14.3 Å². The van der Waals surface area contributed by atoms with Crippen LogP contribution < -0.4 is 16.2 Å². The Morgan fingerprint density at radius 3 is 2.96 bits per heavy atom. The van der Waals surface area contributed by atoms with E-state index in [0.717, 1.165) is 29.4 Å². The highest BCUT2D eigenvalue weighted by molar-refractivity contribution is 5.79. The van der Waals surface area contributed by atoms with E-state index >= 15 is 0 Å². The van der Waals surface area contributed by atoms with E-state index in [1.165, 1.54) is 0 Å². The maximum absolute atomic E-state index is 12.4. The lowest BCUT2D eigenvalue weighted by molar-refractivity contribution is -0.123. The molecular formula is C20H23N5O2. The third kappa shape index (κ3) is 3.64. The Morgan fingerprint density at radius 2 is 2.15 bits per heavy atom. The van der Waals surface area contributed by atoms with Gasteiger partial charge in [0, 0.05) is 48.4 Å². The minimum Gasteiger partial charge on any atom is -0.348 e. The van der Waals surface area contributed by atoms with Gasteiger partial charge in [-0.05, 0) is 30.9 Å². The first-order chi connectivity index (χ1) is 13.1. The number of nitrogens with one attached hydrogen (secondary N) is 3. The number of aromatic amines is 1. The molecule has 140 valence electrons. The predicted octanol–water partition coefficient (Wildman–Crippen LogP) is 1.85. The molecule has 1 aliphatic rings. The van der Waals surface area contributed by atoms with E-state index in [1.54, 1.807) is 6.20 Å². The van der Waals surface area contributed by atoms with Crippen LogP contribution >= 0.6 is 0 Å². The largest absolute Gasteiger partial charge is 0.348 e. The zero-order valence-corrected chi connectivity index (χ0v) is 15.2. The van der Waals surface area contributed by atoms with Crippen molar-refractivity contribution in [3.05, 3.63) is 64.2 Å². The highest BCUT2D eigenvalue weighted by Crippen LogP contribution is 2.24. The second kappa shape index (κ2) is 7.36. The first-order valence-corrected chi connectivity index (χ1v) is 9.30. The van der Waals surface area contributed by atoms with Crippen LogP contribution in [0.3, 0.4) is 0 Å². The van der Waals surface area contributed by atoms with Crippen LogP contribution in [0.15, 0.2) is 47.5 Å². The number of carbonyl (C=O) groups excluding carboxylic acids is 1. The average Bonchev–Trinajstić information content (AvgIpc) is 3.16. The summed E-state index contributed by atoms with van der Waals surface area (Å²) in [6.45, 7) is 3.25. The maximum Gasteiger partial charge on any atom is 0.252 e. The minimum absolute atomic E-state index is 0.0445. The molecule has 2 atom stereocenters. The minimum atomic E-state index is -0.147. The molecule has 2 aromatic heterocycles. The molecule has 1 fully saturated rings. The summed E-state index contributed by atoms with van der Waals surface area (Å²) in [5.74, 6) is 0.0471. The molecule has 1 aromatic carbocycles. The van der Waals surface area contributed by atoms with Gasteiger partial charge in [-0.15, -0.1) is 0 Å². The number of hydrogen-bond donors (Lipinski definition) is 3. The number of para-hydroxylation sites is 1. The number of carbonyl (C=O) groups is 1. The Hall–Kier alpha value is -2.93. The molecule has 0 aliphatic carbocycles. The fourth-order valence-corrected chi connectivity index (χ4v) is 3.61. The molecule has 3 N–H and O–H groups in total. The summed E-state index contributed by atoms with van der Waals surface area (Å²) >= 11 is 0. The molecule has 7 heteroatoms. The molecule has 1 saturated heterocycles. The molecule has 3 aromatic rings. The van der Waals surface area contributed by atoms with E-state index in [9.17, 15) is 9.59 Å². The number of H-pyrrole nitrogens is 1. The van der Waals surface area contributed by atoms with Crippen LogP contribution in [0.25, 0.3) is 10.9 Å². The first kappa shape index (κ1) is 17.5. The van der Waals surface area contributed by atoms with Crippen LogP contribution in [0.4, 0.5) is 0 Å². The molecule has 0 spiro atoms. The third-order valence-corrected chi connectivity index (χ3v) is 5.12. The zero-order valence-electron chi connectivity index (χ0n) is 15.2. The van der Waals surface area contributed by atoms with E-state index < -0.39 is 0 Å². The van der Waals surface area contributed by atoms with Crippen molar-refractivity contribution in [2.45, 2.75) is 44.9 Å². The van der Waals surface area contributed by atoms with Crippen molar-refractivity contribution in [3.63, 3.8) is 0 Å². The van der Waals surface area contributed by atoms with Crippen molar-refractivity contribution in [1.82, 2.24) is 25.4 Å². The van der Waals surface area contributed by atoms with Gasteiger partial charge in [0.15, 0.2) is 0 Å². The summed E-state index contributed by atoms with van der Waals surface area (Å²) < 4.78 is 1.85. The SMILES string of the molecule is CCn1cc([C@@H]2NC(=O)CC[C@H]2NCc2cc3ccccc3[nH]c2=O)cn1. The standard InChI is InChI=1S/C20H23N5O2/c1-2-25-12-15(11-22-25)19-17(7-8-18(26)24-19)21-10-14-9-13-5-3-4-6-16(13)23-20(14)27/h3-6,9,11-12,17,19,21H,2,7-8,10H2,1H3,(H,23,27)(H,24,26)/t17-,19+/m1/s1. The number of rotatable bonds is 5. The van der Waals surface area contributed by atoms with Gasteiger partial charge in [0.05, 0.1) is 12.2 Å². The third-order valence-electron chi connectivity index (χ3n) is 5.12. The number of benzene rings is 1. The number of nitrogens with zero attached hydrogens (tertiary/aromatic N) is 2. The summed E-state index contributed by atoms with van der Waals surface area (Å²) in [6.07, 6.45) is 4.97. The van der Waals surface area contributed by atoms with Gasteiger partial charge in [-0.25, -0.2) is 0 Å². The van der Waals surface area contributed by atoms with Gasteiger partial charge < -0.3 is 15.6 Å². The van der Waals surface area contributed by atoms with E-state index in [1.807, 2.05) is 48.1 Å². The fourth-order valence-electron chi connectivity index (χ4n) is 3.61. The van der Waals surface area contributed by atoms with Crippen molar-refractivity contribution in [1.29, 1.82) is 0 Å². The number of amides is 1. The Labute approximate surface area is 156 Å². The number of aromatic nitrogens is 3. The zero-order chi connectivity index (χ0) is 18.8. The van der Waals surface area contributed by atoms with Crippen LogP contribution in [0.5, 0.6) is 0 Å². The molecule has 0 bridgehead atoms. The van der Waals surface area contributed by atoms with Crippen LogP contribution in [-0.4, -0.2) is 26.7 Å². The lowest BCUT2D eigenvalue weighted by atomic mass is 9.93. The van der Waals surface area contributed by atoms with E-state index in [2.05, 4.69) is 20.7 Å². The second-order valence-electron chi connectivity index (χ2n) is 6.91. The van der Waals surface area contributed by atoms with Crippen LogP contribution in [0.2, 0.25) is 0 Å². The van der Waals surface area contributed by atoms with Gasteiger partial charge in [0.25, 0.3) is 5.56 Å². The summed E-state index contributed by atoms with van der Waals surface area (Å²) in [6, 6.07) is 9.56. The Morgan fingerprint density at radius 1 is 1.30 bits per heavy atom. The first-order valence-electron chi connectivity index (χ1n) is 9.30. The number of aryl methyl sites for hydroxylation is 1. The molecule has 1 amide bonds. The van der Waals surface area contributed by atoms with Crippen LogP contribution in [-0.2, 0) is 17.9 Å². The normalized spacial score (nSPS) is 20.0. The molecule has 0 unspecified atom stereocenters. The topological polar surface area (TPSA) is 91.8 Å². The van der Waals surface area contributed by atoms with E-state index in [0.29, 0.717) is 18.5 Å². The van der Waals surface area contributed by atoms with Gasteiger partial charge in [0.2, 0.25) is 5.91 Å². The van der Waals surface area contributed by atoms with Crippen LogP contribution in [0.1, 0.15) is 36.9 Å². The van der Waals surface area contributed by atoms with Gasteiger partial charge in [0.1, 0.15) is 0 Å². The predicted molar refractivity (Wildman–Crippen MR) is 103 cm³/mol. The molecule has 3 heterocycles. The van der Waals surface area contributed by atoms with E-state index in [4.69, 9.17) is 0 Å². The van der Waals surface area contributed by atoms with Crippen molar-refractivity contribution >= 4 is 16.8 Å². The Balaban J connectivity index is 1.54. The van der Waals surface area contributed by atoms with Crippen LogP contribution in [0, 0.1) is 0 Å². The molecule has 0 saturated carbocycles. The highest BCUT2D eigenvalue weighted by atomic mass is 16.1. The number of piperidine rings is 1. The fraction of sp³-hybridized carbons (Fsp3) is 0.350. The average molecular weight is 365 g/mol. The summed E-state index contributed by atoms with van der Waals surface area (Å²) in [5.41, 5.74) is 2.42. The molecule has 7 nitrogen and oxygen atoms in total. The monoisotopic (exact) mass is 365 g/mol. The number of hydrogen-bond acceptors (Lipinski definition) is 4. The summed E-state index contributed by atoms with van der Waals surface area (Å²) in [7, 11) is 0. The van der Waals surface area contributed by atoms with Crippen molar-refractivity contribution in [3.8, 4) is 0 Å². The smallest absolute Gasteiger partial charge is 0.252 e. The lowest BCUT2D eigenvalue weighted by Crippen LogP contribution is -2.48. The molecule has 1 aliphatic heterocycles. The molecular weight excluding hydrogens is 342 g/mol. The number of pyridine rings is 1. The van der Waals surface area contributed by atoms with Crippen molar-refractivity contribution in [2.24, 2.45) is 0 Å². The summed E-state index contributed by atoms with van der Waals surface area (Å²) in [5, 5.41) is 11.9. The van der Waals surface area contributed by atoms with Gasteiger partial charge in [-0.1, -0.05) is 18.2 Å². The summed E-state index contributed by atoms with van der Waals surface area (Å²) in [4.78, 5) is 27.2. The van der Waals surface area contributed by atoms with Gasteiger partial charge >= 0.3 is 0 Å². The van der Waals surface area contributed by atoms with Gasteiger partial charge in [-0.2, -0.15) is 5.10 Å². The van der Waals surface area contributed by atoms with E-state index in [-0.39, 0.29) is 23.6 Å². The molecule has 0 radical (unpaired) electrons.